The van der Waals surface area contributed by atoms with Crippen molar-refractivity contribution >= 4 is 17.7 Å². The molecular weight excluding hydrogens is 392 g/mol. The molecule has 3 N–H and O–H groups in total. The van der Waals surface area contributed by atoms with Crippen LogP contribution in [0.3, 0.4) is 0 Å². The van der Waals surface area contributed by atoms with Crippen LogP contribution in [0.15, 0.2) is 42.5 Å². The Bertz CT molecular complexity index is 877. The summed E-state index contributed by atoms with van der Waals surface area (Å²) in [5, 5.41) is 2.56. The average molecular weight is 417 g/mol. The van der Waals surface area contributed by atoms with E-state index < -0.39 is 23.6 Å². The van der Waals surface area contributed by atoms with Crippen LogP contribution in [0.5, 0.6) is 0 Å². The van der Waals surface area contributed by atoms with E-state index in [0.29, 0.717) is 5.69 Å². The lowest BCUT2D eigenvalue weighted by Gasteiger charge is -2.36. The predicted octanol–water partition coefficient (Wildman–Crippen LogP) is 4.06. The zero-order valence-electron chi connectivity index (χ0n) is 16.7. The number of nitrogens with zero attached hydrogens (tertiary/aromatic N) is 1. The molecule has 0 aromatic heterocycles. The Balaban J connectivity index is 1.82. The predicted molar refractivity (Wildman–Crippen MR) is 109 cm³/mol. The highest BCUT2D eigenvalue weighted by atomic mass is 19.1. The van der Waals surface area contributed by atoms with Crippen molar-refractivity contribution in [1.29, 1.82) is 0 Å². The van der Waals surface area contributed by atoms with Crippen molar-refractivity contribution in [2.75, 3.05) is 12.4 Å². The molecule has 0 spiro atoms. The molecule has 1 fully saturated rings. The first-order chi connectivity index (χ1) is 14.4. The summed E-state index contributed by atoms with van der Waals surface area (Å²) in [5.74, 6) is -2.00. The van der Waals surface area contributed by atoms with E-state index in [1.54, 1.807) is 29.2 Å². The molecule has 1 saturated carbocycles. The number of nitrogens with two attached hydrogens (primary N) is 1. The summed E-state index contributed by atoms with van der Waals surface area (Å²) in [7, 11) is 1.28. The van der Waals surface area contributed by atoms with E-state index in [9.17, 15) is 18.4 Å². The SMILES string of the molecule is COC(=O)Nc1ccc(CN(C(=O)c2cc(F)cc(F)c2)C2CCC(N)CC2)cc1. The van der Waals surface area contributed by atoms with E-state index >= 15 is 0 Å². The van der Waals surface area contributed by atoms with Gasteiger partial charge < -0.3 is 15.4 Å². The number of nitrogens with one attached hydrogen (secondary N) is 1. The Morgan fingerprint density at radius 1 is 1.07 bits per heavy atom. The Kier molecular flexibility index (Phi) is 6.99. The normalized spacial score (nSPS) is 18.5. The van der Waals surface area contributed by atoms with Crippen molar-refractivity contribution in [3.8, 4) is 0 Å². The third kappa shape index (κ3) is 5.54. The van der Waals surface area contributed by atoms with Gasteiger partial charge in [0.2, 0.25) is 0 Å². The molecule has 3 rings (SSSR count). The maximum absolute atomic E-state index is 13.7. The molecule has 0 radical (unpaired) electrons. The van der Waals surface area contributed by atoms with Crippen LogP contribution in [0.25, 0.3) is 0 Å². The maximum Gasteiger partial charge on any atom is 0.411 e. The molecule has 160 valence electrons. The Labute approximate surface area is 174 Å². The number of halogens is 2. The lowest BCUT2D eigenvalue weighted by molar-refractivity contribution is 0.0605. The smallest absolute Gasteiger partial charge is 0.411 e. The van der Waals surface area contributed by atoms with Crippen LogP contribution in [0.1, 0.15) is 41.6 Å². The van der Waals surface area contributed by atoms with E-state index in [0.717, 1.165) is 49.4 Å². The molecule has 30 heavy (non-hydrogen) atoms. The lowest BCUT2D eigenvalue weighted by Crippen LogP contribution is -2.43. The molecule has 1 aliphatic carbocycles. The van der Waals surface area contributed by atoms with E-state index in [2.05, 4.69) is 10.1 Å². The van der Waals surface area contributed by atoms with Gasteiger partial charge in [0.1, 0.15) is 11.6 Å². The van der Waals surface area contributed by atoms with Gasteiger partial charge in [-0.1, -0.05) is 12.1 Å². The van der Waals surface area contributed by atoms with Crippen LogP contribution in [-0.2, 0) is 11.3 Å². The summed E-state index contributed by atoms with van der Waals surface area (Å²) >= 11 is 0. The highest BCUT2D eigenvalue weighted by Gasteiger charge is 2.29. The molecule has 8 heteroatoms. The van der Waals surface area contributed by atoms with E-state index in [4.69, 9.17) is 5.73 Å². The number of ether oxygens (including phenoxy) is 1. The number of amides is 2. The highest BCUT2D eigenvalue weighted by Crippen LogP contribution is 2.26. The van der Waals surface area contributed by atoms with Crippen molar-refractivity contribution in [2.24, 2.45) is 5.73 Å². The van der Waals surface area contributed by atoms with Crippen LogP contribution >= 0.6 is 0 Å². The Morgan fingerprint density at radius 2 is 1.67 bits per heavy atom. The highest BCUT2D eigenvalue weighted by molar-refractivity contribution is 5.94. The average Bonchev–Trinajstić information content (AvgIpc) is 2.72. The van der Waals surface area contributed by atoms with E-state index in [-0.39, 0.29) is 24.2 Å². The number of hydrogen-bond acceptors (Lipinski definition) is 4. The molecule has 0 atom stereocenters. The van der Waals surface area contributed by atoms with Crippen molar-refractivity contribution in [2.45, 2.75) is 44.3 Å². The second kappa shape index (κ2) is 9.67. The standard InChI is InChI=1S/C22H25F2N3O3/c1-30-22(29)26-19-6-2-14(3-7-19)13-27(20-8-4-18(25)5-9-20)21(28)15-10-16(23)12-17(24)11-15/h2-3,6-7,10-12,18,20H,4-5,8-9,13,25H2,1H3,(H,26,29). The van der Waals surface area contributed by atoms with Gasteiger partial charge in [0, 0.05) is 35.9 Å². The topological polar surface area (TPSA) is 84.7 Å². The van der Waals surface area contributed by atoms with Gasteiger partial charge in [-0.05, 0) is 55.5 Å². The van der Waals surface area contributed by atoms with Crippen molar-refractivity contribution in [3.63, 3.8) is 0 Å². The molecule has 6 nitrogen and oxygen atoms in total. The largest absolute Gasteiger partial charge is 0.453 e. The number of carbonyl (C=O) groups excluding carboxylic acids is 2. The van der Waals surface area contributed by atoms with Crippen LogP contribution in [0.2, 0.25) is 0 Å². The zero-order valence-corrected chi connectivity index (χ0v) is 16.7. The van der Waals surface area contributed by atoms with Crippen molar-refractivity contribution < 1.29 is 23.1 Å². The molecule has 0 saturated heterocycles. The minimum absolute atomic E-state index is 0.0219. The van der Waals surface area contributed by atoms with E-state index in [1.807, 2.05) is 0 Å². The number of hydrogen-bond donors (Lipinski definition) is 2. The van der Waals surface area contributed by atoms with Gasteiger partial charge in [-0.25, -0.2) is 13.6 Å². The summed E-state index contributed by atoms with van der Waals surface area (Å²) in [6.45, 7) is 0.273. The van der Waals surface area contributed by atoms with Gasteiger partial charge in [0.15, 0.2) is 0 Å². The van der Waals surface area contributed by atoms with Gasteiger partial charge in [-0.2, -0.15) is 0 Å². The minimum atomic E-state index is -0.790. The van der Waals surface area contributed by atoms with Gasteiger partial charge in [-0.15, -0.1) is 0 Å². The number of methoxy groups -OCH3 is 1. The first-order valence-electron chi connectivity index (χ1n) is 9.82. The number of benzene rings is 2. The van der Waals surface area contributed by atoms with Gasteiger partial charge in [0.25, 0.3) is 5.91 Å². The van der Waals surface area contributed by atoms with Crippen LogP contribution < -0.4 is 11.1 Å². The van der Waals surface area contributed by atoms with Crippen molar-refractivity contribution in [1.82, 2.24) is 4.90 Å². The Hall–Kier alpha value is -3.00. The fourth-order valence-corrected chi connectivity index (χ4v) is 3.68. The molecule has 2 aromatic rings. The quantitative estimate of drug-likeness (QED) is 0.769. The number of anilines is 1. The second-order valence-corrected chi connectivity index (χ2v) is 7.47. The maximum atomic E-state index is 13.7. The molecule has 2 aromatic carbocycles. The third-order valence-corrected chi connectivity index (χ3v) is 5.29. The fraction of sp³-hybridized carbons (Fsp3) is 0.364. The van der Waals surface area contributed by atoms with E-state index in [1.165, 1.54) is 7.11 Å². The van der Waals surface area contributed by atoms with Gasteiger partial charge in [-0.3, -0.25) is 10.1 Å². The minimum Gasteiger partial charge on any atom is -0.453 e. The molecule has 0 unspecified atom stereocenters. The van der Waals surface area contributed by atoms with Gasteiger partial charge in [0.05, 0.1) is 7.11 Å². The molecule has 0 heterocycles. The molecule has 1 aliphatic rings. The summed E-state index contributed by atoms with van der Waals surface area (Å²) < 4.78 is 31.9. The monoisotopic (exact) mass is 417 g/mol. The van der Waals surface area contributed by atoms with Crippen molar-refractivity contribution in [3.05, 3.63) is 65.2 Å². The summed E-state index contributed by atoms with van der Waals surface area (Å²) in [6.07, 6.45) is 2.45. The first-order valence-corrected chi connectivity index (χ1v) is 9.82. The van der Waals surface area contributed by atoms with Crippen LogP contribution in [-0.4, -0.2) is 36.1 Å². The Morgan fingerprint density at radius 3 is 2.23 bits per heavy atom. The van der Waals surface area contributed by atoms with Crippen LogP contribution in [0, 0.1) is 11.6 Å². The molecule has 0 aliphatic heterocycles. The summed E-state index contributed by atoms with van der Waals surface area (Å²) in [6, 6.07) is 9.85. The molecule has 0 bridgehead atoms. The number of carbonyl (C=O) groups is 2. The van der Waals surface area contributed by atoms with Gasteiger partial charge >= 0.3 is 6.09 Å². The third-order valence-electron chi connectivity index (χ3n) is 5.29. The van der Waals surface area contributed by atoms with Crippen LogP contribution in [0.4, 0.5) is 19.3 Å². The molecular formula is C22H25F2N3O3. The second-order valence-electron chi connectivity index (χ2n) is 7.47. The lowest BCUT2D eigenvalue weighted by atomic mass is 9.90. The fourth-order valence-electron chi connectivity index (χ4n) is 3.68. The summed E-state index contributed by atoms with van der Waals surface area (Å²) in [4.78, 5) is 26.1. The number of rotatable bonds is 5. The summed E-state index contributed by atoms with van der Waals surface area (Å²) in [5.41, 5.74) is 7.35. The zero-order chi connectivity index (χ0) is 21.7. The molecule has 2 amide bonds. The first kappa shape index (κ1) is 21.7.